The van der Waals surface area contributed by atoms with Gasteiger partial charge in [-0.2, -0.15) is 0 Å². The van der Waals surface area contributed by atoms with Crippen LogP contribution in [0.3, 0.4) is 0 Å². The fourth-order valence-corrected chi connectivity index (χ4v) is 2.00. The van der Waals surface area contributed by atoms with Gasteiger partial charge in [0.25, 0.3) is 0 Å². The smallest absolute Gasteiger partial charge is 0.347 e. The van der Waals surface area contributed by atoms with Crippen molar-refractivity contribution in [3.8, 4) is 0 Å². The van der Waals surface area contributed by atoms with Crippen molar-refractivity contribution >= 4 is 30.0 Å². The van der Waals surface area contributed by atoms with E-state index >= 15 is 0 Å². The molecular weight excluding hydrogens is 335 g/mol. The molecule has 4 amide bonds. The van der Waals surface area contributed by atoms with Crippen LogP contribution >= 0.6 is 11.9 Å². The monoisotopic (exact) mass is 356 g/mol. The second kappa shape index (κ2) is 9.11. The van der Waals surface area contributed by atoms with Crippen LogP contribution < -0.4 is 4.72 Å². The highest BCUT2D eigenvalue weighted by molar-refractivity contribution is 7.98. The minimum absolute atomic E-state index is 0.143. The first-order valence-electron chi connectivity index (χ1n) is 7.14. The zero-order chi connectivity index (χ0) is 18.3. The maximum atomic E-state index is 13.5. The lowest BCUT2D eigenvalue weighted by molar-refractivity contribution is 0.180. The number of nitrogens with one attached hydrogen (secondary N) is 1. The Labute approximate surface area is 145 Å². The summed E-state index contributed by atoms with van der Waals surface area (Å²) < 4.78 is 21.4. The van der Waals surface area contributed by atoms with Gasteiger partial charge in [-0.1, -0.05) is 12.1 Å². The van der Waals surface area contributed by atoms with Crippen molar-refractivity contribution in [3.05, 3.63) is 30.1 Å². The second-order valence-electron chi connectivity index (χ2n) is 5.24. The van der Waals surface area contributed by atoms with Gasteiger partial charge in [-0.25, -0.2) is 14.0 Å². The number of benzene rings is 1. The van der Waals surface area contributed by atoms with Crippen molar-refractivity contribution in [2.45, 2.75) is 24.8 Å². The average molecular weight is 356 g/mol. The third-order valence-corrected chi connectivity index (χ3v) is 3.42. The Hall–Kier alpha value is -2.29. The van der Waals surface area contributed by atoms with E-state index in [1.54, 1.807) is 26.0 Å². The van der Waals surface area contributed by atoms with Crippen molar-refractivity contribution in [2.24, 2.45) is 4.99 Å². The minimum atomic E-state index is -0.603. The van der Waals surface area contributed by atoms with E-state index in [9.17, 15) is 14.0 Å². The van der Waals surface area contributed by atoms with Gasteiger partial charge >= 0.3 is 18.1 Å². The predicted octanol–water partition coefficient (Wildman–Crippen LogP) is 2.94. The molecule has 9 heteroatoms. The van der Waals surface area contributed by atoms with Crippen LogP contribution in [0.15, 0.2) is 34.2 Å². The Balaban J connectivity index is 2.81. The Morgan fingerprint density at radius 1 is 1.25 bits per heavy atom. The molecule has 0 aliphatic rings. The summed E-state index contributed by atoms with van der Waals surface area (Å²) in [7, 11) is 4.47. The van der Waals surface area contributed by atoms with Crippen molar-refractivity contribution in [2.75, 3.05) is 21.1 Å². The molecule has 1 aromatic rings. The van der Waals surface area contributed by atoms with E-state index in [2.05, 4.69) is 9.71 Å². The van der Waals surface area contributed by atoms with Gasteiger partial charge in [-0.3, -0.25) is 9.62 Å². The number of rotatable bonds is 3. The van der Waals surface area contributed by atoms with E-state index in [1.807, 2.05) is 0 Å². The van der Waals surface area contributed by atoms with E-state index in [-0.39, 0.29) is 17.0 Å². The molecule has 1 aromatic carbocycles. The number of carbonyl (C=O) groups excluding carboxylic acids is 2. The number of carbonyl (C=O) groups is 2. The minimum Gasteiger partial charge on any atom is -0.462 e. The number of hydrogen-bond acceptors (Lipinski definition) is 4. The molecule has 132 valence electrons. The molecule has 0 aromatic heterocycles. The molecule has 0 radical (unpaired) electrons. The molecule has 0 bridgehead atoms. The molecule has 0 aliphatic heterocycles. The summed E-state index contributed by atoms with van der Waals surface area (Å²) in [6.45, 7) is 3.49. The van der Waals surface area contributed by atoms with Gasteiger partial charge in [0.05, 0.1) is 11.0 Å². The summed E-state index contributed by atoms with van der Waals surface area (Å²) in [6.07, 6.45) is -0.284. The van der Waals surface area contributed by atoms with Crippen LogP contribution in [0.4, 0.5) is 14.0 Å². The van der Waals surface area contributed by atoms with Gasteiger partial charge in [-0.05, 0) is 37.9 Å². The quantitative estimate of drug-likeness (QED) is 0.513. The van der Waals surface area contributed by atoms with Crippen LogP contribution in [0.1, 0.15) is 13.8 Å². The lowest BCUT2D eigenvalue weighted by atomic mass is 10.4. The number of urea groups is 2. The maximum absolute atomic E-state index is 13.5. The maximum Gasteiger partial charge on any atom is 0.347 e. The Morgan fingerprint density at radius 3 is 2.42 bits per heavy atom. The molecule has 0 heterocycles. The zero-order valence-corrected chi connectivity index (χ0v) is 15.1. The standard InChI is InChI=1S/C15H21FN4O3S/c1-10(2)23-15(17-13(21)19(3)4)20(5)14(22)18-24-12-9-7-6-8-11(12)16/h6-10H,1-5H3,(H,18,22). The van der Waals surface area contributed by atoms with Crippen LogP contribution in [0.5, 0.6) is 0 Å². The van der Waals surface area contributed by atoms with Crippen molar-refractivity contribution in [1.29, 1.82) is 0 Å². The highest BCUT2D eigenvalue weighted by Crippen LogP contribution is 2.18. The summed E-state index contributed by atoms with van der Waals surface area (Å²) in [5.74, 6) is -0.444. The van der Waals surface area contributed by atoms with Gasteiger partial charge < -0.3 is 9.64 Å². The SMILES string of the molecule is CC(C)OC(=NC(=O)N(C)C)N(C)C(=O)NSc1ccccc1F. The number of amides is 4. The first kappa shape index (κ1) is 19.8. The summed E-state index contributed by atoms with van der Waals surface area (Å²) >= 11 is 0.823. The molecule has 0 aliphatic carbocycles. The molecule has 0 atom stereocenters. The Bertz CT molecular complexity index is 622. The summed E-state index contributed by atoms with van der Waals surface area (Å²) in [6, 6.07) is 4.74. The second-order valence-corrected chi connectivity index (χ2v) is 6.08. The fourth-order valence-electron chi connectivity index (χ4n) is 1.35. The van der Waals surface area contributed by atoms with Gasteiger partial charge in [0.15, 0.2) is 0 Å². The summed E-state index contributed by atoms with van der Waals surface area (Å²) in [4.78, 5) is 30.3. The number of aliphatic imine (C=N–C) groups is 1. The number of ether oxygens (including phenoxy) is 1. The number of nitrogens with zero attached hydrogens (tertiary/aromatic N) is 3. The third kappa shape index (κ3) is 6.07. The van der Waals surface area contributed by atoms with Gasteiger partial charge in [-0.15, -0.1) is 4.99 Å². The number of hydrogen-bond donors (Lipinski definition) is 1. The molecule has 0 spiro atoms. The van der Waals surface area contributed by atoms with E-state index in [4.69, 9.17) is 4.74 Å². The van der Waals surface area contributed by atoms with Gasteiger partial charge in [0.2, 0.25) is 0 Å². The lowest BCUT2D eigenvalue weighted by Gasteiger charge is -2.21. The third-order valence-electron chi connectivity index (χ3n) is 2.59. The van der Waals surface area contributed by atoms with E-state index in [1.165, 1.54) is 38.2 Å². The number of halogens is 1. The largest absolute Gasteiger partial charge is 0.462 e. The zero-order valence-electron chi connectivity index (χ0n) is 14.2. The molecular formula is C15H21FN4O3S. The summed E-state index contributed by atoms with van der Waals surface area (Å²) in [5.41, 5.74) is 0. The van der Waals surface area contributed by atoms with E-state index < -0.39 is 17.9 Å². The first-order chi connectivity index (χ1) is 11.2. The summed E-state index contributed by atoms with van der Waals surface area (Å²) in [5, 5.41) is 0. The lowest BCUT2D eigenvalue weighted by Crippen LogP contribution is -2.41. The average Bonchev–Trinajstić information content (AvgIpc) is 2.51. The van der Waals surface area contributed by atoms with Crippen molar-refractivity contribution in [1.82, 2.24) is 14.5 Å². The van der Waals surface area contributed by atoms with Gasteiger partial charge in [0, 0.05) is 21.1 Å². The predicted molar refractivity (Wildman–Crippen MR) is 91.3 cm³/mol. The van der Waals surface area contributed by atoms with Crippen molar-refractivity contribution < 1.29 is 18.7 Å². The molecule has 0 fully saturated rings. The first-order valence-corrected chi connectivity index (χ1v) is 7.95. The molecule has 0 saturated heterocycles. The highest BCUT2D eigenvalue weighted by Gasteiger charge is 2.20. The van der Waals surface area contributed by atoms with E-state index in [0.717, 1.165) is 16.8 Å². The van der Waals surface area contributed by atoms with Crippen LogP contribution in [-0.2, 0) is 4.74 Å². The topological polar surface area (TPSA) is 74.2 Å². The fraction of sp³-hybridized carbons (Fsp3) is 0.400. The normalized spacial score (nSPS) is 11.2. The van der Waals surface area contributed by atoms with Crippen LogP contribution in [0, 0.1) is 5.82 Å². The molecule has 0 unspecified atom stereocenters. The van der Waals surface area contributed by atoms with E-state index in [0.29, 0.717) is 0 Å². The molecule has 1 N–H and O–H groups in total. The molecule has 1 rings (SSSR count). The van der Waals surface area contributed by atoms with Crippen molar-refractivity contribution in [3.63, 3.8) is 0 Å². The van der Waals surface area contributed by atoms with Crippen LogP contribution in [0.2, 0.25) is 0 Å². The molecule has 0 saturated carbocycles. The molecule has 7 nitrogen and oxygen atoms in total. The molecule has 24 heavy (non-hydrogen) atoms. The Kier molecular flexibility index (Phi) is 7.50. The van der Waals surface area contributed by atoms with Crippen LogP contribution in [-0.4, -0.2) is 55.1 Å². The number of amidine groups is 1. The highest BCUT2D eigenvalue weighted by atomic mass is 32.2. The van der Waals surface area contributed by atoms with Crippen LogP contribution in [0.25, 0.3) is 0 Å². The van der Waals surface area contributed by atoms with Gasteiger partial charge in [0.1, 0.15) is 5.82 Å². The Morgan fingerprint density at radius 2 is 1.88 bits per heavy atom.